The zero-order chi connectivity index (χ0) is 22.5. The Labute approximate surface area is 186 Å². The lowest BCUT2D eigenvalue weighted by atomic mass is 10.2. The number of hydrogen-bond donors (Lipinski definition) is 0. The molecule has 6 nitrogen and oxygen atoms in total. The SMILES string of the molecule is C=C(OCC)c1cnc(Cn2c(C)cc(OCc3ccc(F)cc3F)c(Br)c2=O)cn1. The molecule has 1 aromatic carbocycles. The molecule has 0 aliphatic carbocycles. The Kier molecular flexibility index (Phi) is 7.17. The molecule has 0 atom stereocenters. The first-order valence-electron chi connectivity index (χ1n) is 9.39. The van der Waals surface area contributed by atoms with Gasteiger partial charge in [0.2, 0.25) is 0 Å². The third-order valence-corrected chi connectivity index (χ3v) is 5.17. The first-order chi connectivity index (χ1) is 14.8. The molecule has 0 spiro atoms. The molecular formula is C22H20BrF2N3O3. The van der Waals surface area contributed by atoms with Crippen LogP contribution in [0.15, 0.2) is 52.5 Å². The van der Waals surface area contributed by atoms with E-state index in [1.807, 2.05) is 6.92 Å². The molecular weight excluding hydrogens is 472 g/mol. The van der Waals surface area contributed by atoms with E-state index < -0.39 is 11.6 Å². The minimum atomic E-state index is -0.713. The first kappa shape index (κ1) is 22.6. The standard InChI is InChI=1S/C22H20BrF2N3O3/c1-4-30-14(3)19-10-26-17(9-27-19)11-28-13(2)7-20(21(23)22(28)29)31-12-15-5-6-16(24)8-18(15)25/h5-10H,3-4,11-12H2,1-2H3. The third-order valence-electron chi connectivity index (χ3n) is 4.44. The van der Waals surface area contributed by atoms with Gasteiger partial charge in [0.25, 0.3) is 5.56 Å². The Balaban J connectivity index is 1.78. The summed E-state index contributed by atoms with van der Waals surface area (Å²) in [5.41, 5.74) is 1.56. The van der Waals surface area contributed by atoms with Gasteiger partial charge in [-0.3, -0.25) is 9.78 Å². The molecule has 2 aromatic heterocycles. The van der Waals surface area contributed by atoms with Crippen molar-refractivity contribution < 1.29 is 18.3 Å². The second-order valence-electron chi connectivity index (χ2n) is 6.63. The minimum Gasteiger partial charge on any atom is -0.492 e. The molecule has 0 saturated carbocycles. The van der Waals surface area contributed by atoms with Gasteiger partial charge in [0.05, 0.1) is 31.2 Å². The van der Waals surface area contributed by atoms with Gasteiger partial charge in [-0.15, -0.1) is 0 Å². The Hall–Kier alpha value is -3.07. The van der Waals surface area contributed by atoms with E-state index in [9.17, 15) is 13.6 Å². The molecule has 0 fully saturated rings. The van der Waals surface area contributed by atoms with Crippen LogP contribution in [0.1, 0.15) is 29.6 Å². The zero-order valence-corrected chi connectivity index (χ0v) is 18.6. The fourth-order valence-corrected chi connectivity index (χ4v) is 3.24. The van der Waals surface area contributed by atoms with Crippen molar-refractivity contribution in [2.45, 2.75) is 27.0 Å². The van der Waals surface area contributed by atoms with E-state index in [0.717, 1.165) is 12.1 Å². The van der Waals surface area contributed by atoms with E-state index in [0.29, 0.717) is 29.4 Å². The number of aryl methyl sites for hydroxylation is 1. The molecule has 0 N–H and O–H groups in total. The maximum absolute atomic E-state index is 13.8. The number of benzene rings is 1. The zero-order valence-electron chi connectivity index (χ0n) is 17.0. The van der Waals surface area contributed by atoms with E-state index in [1.165, 1.54) is 16.8 Å². The lowest BCUT2D eigenvalue weighted by Crippen LogP contribution is -2.24. The van der Waals surface area contributed by atoms with Gasteiger partial charge in [-0.05, 0) is 41.9 Å². The van der Waals surface area contributed by atoms with Crippen LogP contribution in [0, 0.1) is 18.6 Å². The predicted molar refractivity (Wildman–Crippen MR) is 116 cm³/mol. The predicted octanol–water partition coefficient (Wildman–Crippen LogP) is 4.62. The van der Waals surface area contributed by atoms with E-state index in [-0.39, 0.29) is 34.5 Å². The minimum absolute atomic E-state index is 0.149. The van der Waals surface area contributed by atoms with E-state index in [1.54, 1.807) is 19.2 Å². The topological polar surface area (TPSA) is 66.2 Å². The normalized spacial score (nSPS) is 10.7. The van der Waals surface area contributed by atoms with Crippen molar-refractivity contribution in [3.63, 3.8) is 0 Å². The highest BCUT2D eigenvalue weighted by atomic mass is 79.9. The van der Waals surface area contributed by atoms with Crippen LogP contribution in [0.5, 0.6) is 5.75 Å². The summed E-state index contributed by atoms with van der Waals surface area (Å²) in [5.74, 6) is -0.692. The van der Waals surface area contributed by atoms with Gasteiger partial charge >= 0.3 is 0 Å². The number of ether oxygens (including phenoxy) is 2. The Morgan fingerprint density at radius 1 is 1.23 bits per heavy atom. The van der Waals surface area contributed by atoms with Crippen molar-refractivity contribution in [2.75, 3.05) is 6.61 Å². The monoisotopic (exact) mass is 491 g/mol. The van der Waals surface area contributed by atoms with Gasteiger partial charge in [0.1, 0.15) is 39.9 Å². The quantitative estimate of drug-likeness (QED) is 0.430. The van der Waals surface area contributed by atoms with Crippen LogP contribution in [-0.2, 0) is 17.9 Å². The Morgan fingerprint density at radius 2 is 2.00 bits per heavy atom. The molecule has 0 unspecified atom stereocenters. The summed E-state index contributed by atoms with van der Waals surface area (Å²) in [7, 11) is 0. The van der Waals surface area contributed by atoms with Crippen LogP contribution < -0.4 is 10.3 Å². The Morgan fingerprint density at radius 3 is 2.65 bits per heavy atom. The Bertz CT molecular complexity index is 1160. The highest BCUT2D eigenvalue weighted by molar-refractivity contribution is 9.10. The van der Waals surface area contributed by atoms with Gasteiger partial charge in [-0.2, -0.15) is 0 Å². The first-order valence-corrected chi connectivity index (χ1v) is 10.2. The summed E-state index contributed by atoms with van der Waals surface area (Å²) in [5, 5.41) is 0. The fourth-order valence-electron chi connectivity index (χ4n) is 2.80. The summed E-state index contributed by atoms with van der Waals surface area (Å²) >= 11 is 3.25. The number of aromatic nitrogens is 3. The van der Waals surface area contributed by atoms with Crippen LogP contribution >= 0.6 is 15.9 Å². The molecule has 0 radical (unpaired) electrons. The van der Waals surface area contributed by atoms with Crippen LogP contribution in [-0.4, -0.2) is 21.1 Å². The molecule has 3 rings (SSSR count). The van der Waals surface area contributed by atoms with Crippen molar-refractivity contribution in [3.05, 3.63) is 92.3 Å². The van der Waals surface area contributed by atoms with Gasteiger partial charge in [-0.25, -0.2) is 13.8 Å². The number of halogens is 3. The smallest absolute Gasteiger partial charge is 0.269 e. The van der Waals surface area contributed by atoms with Crippen LogP contribution in [0.4, 0.5) is 8.78 Å². The van der Waals surface area contributed by atoms with Crippen molar-refractivity contribution in [3.8, 4) is 5.75 Å². The van der Waals surface area contributed by atoms with E-state index in [2.05, 4.69) is 32.5 Å². The second kappa shape index (κ2) is 9.82. The number of rotatable bonds is 8. The molecule has 0 amide bonds. The van der Waals surface area contributed by atoms with Gasteiger partial charge in [-0.1, -0.05) is 6.58 Å². The summed E-state index contributed by atoms with van der Waals surface area (Å²) in [6, 6.07) is 4.89. The number of hydrogen-bond acceptors (Lipinski definition) is 5. The van der Waals surface area contributed by atoms with Gasteiger partial charge in [0, 0.05) is 23.4 Å². The van der Waals surface area contributed by atoms with Gasteiger partial charge in [0.15, 0.2) is 0 Å². The second-order valence-corrected chi connectivity index (χ2v) is 7.42. The summed E-state index contributed by atoms with van der Waals surface area (Å²) in [6.07, 6.45) is 3.10. The molecule has 0 saturated heterocycles. The summed E-state index contributed by atoms with van der Waals surface area (Å²) in [4.78, 5) is 21.4. The summed E-state index contributed by atoms with van der Waals surface area (Å²) in [6.45, 7) is 7.91. The molecule has 31 heavy (non-hydrogen) atoms. The van der Waals surface area contributed by atoms with E-state index >= 15 is 0 Å². The lowest BCUT2D eigenvalue weighted by molar-refractivity contribution is 0.295. The molecule has 0 aliphatic heterocycles. The van der Waals surface area contributed by atoms with E-state index in [4.69, 9.17) is 9.47 Å². The van der Waals surface area contributed by atoms with Crippen molar-refractivity contribution in [1.82, 2.24) is 14.5 Å². The lowest BCUT2D eigenvalue weighted by Gasteiger charge is -2.15. The molecule has 162 valence electrons. The fraction of sp³-hybridized carbons (Fsp3) is 0.227. The van der Waals surface area contributed by atoms with Crippen LogP contribution in [0.2, 0.25) is 0 Å². The highest BCUT2D eigenvalue weighted by Crippen LogP contribution is 2.24. The van der Waals surface area contributed by atoms with Crippen molar-refractivity contribution in [2.24, 2.45) is 0 Å². The van der Waals surface area contributed by atoms with Crippen LogP contribution in [0.3, 0.4) is 0 Å². The maximum Gasteiger partial charge on any atom is 0.269 e. The van der Waals surface area contributed by atoms with Gasteiger partial charge < -0.3 is 14.0 Å². The average molecular weight is 492 g/mol. The average Bonchev–Trinajstić information content (AvgIpc) is 2.74. The van der Waals surface area contributed by atoms with Crippen LogP contribution in [0.25, 0.3) is 5.76 Å². The van der Waals surface area contributed by atoms with Crippen molar-refractivity contribution in [1.29, 1.82) is 0 Å². The molecule has 0 aliphatic rings. The molecule has 9 heteroatoms. The highest BCUT2D eigenvalue weighted by Gasteiger charge is 2.14. The number of nitrogens with zero attached hydrogens (tertiary/aromatic N) is 3. The number of pyridine rings is 1. The molecule has 3 aromatic rings. The van der Waals surface area contributed by atoms with Crippen molar-refractivity contribution >= 4 is 21.7 Å². The molecule has 2 heterocycles. The third kappa shape index (κ3) is 5.35. The maximum atomic E-state index is 13.8. The molecule has 0 bridgehead atoms. The summed E-state index contributed by atoms with van der Waals surface area (Å²) < 4.78 is 39.5. The largest absolute Gasteiger partial charge is 0.492 e.